The summed E-state index contributed by atoms with van der Waals surface area (Å²) in [7, 11) is -1.80. The zero-order valence-corrected chi connectivity index (χ0v) is 15.7. The van der Waals surface area contributed by atoms with Gasteiger partial charge in [-0.05, 0) is 18.1 Å². The molecular weight excluding hydrogens is 300 g/mol. The predicted octanol–water partition coefficient (Wildman–Crippen LogP) is 3.86. The molecule has 1 aromatic rings. The Morgan fingerprint density at radius 3 is 2.52 bits per heavy atom. The van der Waals surface area contributed by atoms with Crippen LogP contribution in [-0.4, -0.2) is 35.8 Å². The van der Waals surface area contributed by atoms with Crippen molar-refractivity contribution in [3.05, 3.63) is 24.3 Å². The number of hydrogen-bond acceptors (Lipinski definition) is 5. The van der Waals surface area contributed by atoms with Crippen molar-refractivity contribution in [1.82, 2.24) is 9.97 Å². The van der Waals surface area contributed by atoms with E-state index in [4.69, 9.17) is 4.43 Å². The van der Waals surface area contributed by atoms with Crippen LogP contribution in [0.4, 0.5) is 0 Å². The van der Waals surface area contributed by atoms with Crippen molar-refractivity contribution in [2.45, 2.75) is 51.7 Å². The molecule has 0 aliphatic carbocycles. The highest BCUT2D eigenvalue weighted by atomic mass is 32.2. The quantitative estimate of drug-likeness (QED) is 0.743. The van der Waals surface area contributed by atoms with Crippen LogP contribution in [0.2, 0.25) is 18.1 Å². The first kappa shape index (κ1) is 18.3. The van der Waals surface area contributed by atoms with Crippen LogP contribution in [0.1, 0.15) is 39.3 Å². The van der Waals surface area contributed by atoms with Gasteiger partial charge in [0.05, 0.1) is 5.69 Å². The van der Waals surface area contributed by atoms with E-state index in [0.717, 1.165) is 5.69 Å². The molecule has 1 heterocycles. The minimum atomic E-state index is -1.80. The maximum Gasteiger partial charge on any atom is 0.192 e. The highest BCUT2D eigenvalue weighted by Crippen LogP contribution is 2.37. The molecule has 1 atom stereocenters. The van der Waals surface area contributed by atoms with Crippen LogP contribution in [0.25, 0.3) is 0 Å². The largest absolute Gasteiger partial charge is 0.416 e. The molecule has 0 saturated heterocycles. The fourth-order valence-electron chi connectivity index (χ4n) is 1.48. The number of thioether (sulfide) groups is 1. The fourth-order valence-corrected chi connectivity index (χ4v) is 3.24. The molecule has 0 fully saturated rings. The van der Waals surface area contributed by atoms with Gasteiger partial charge in [-0.2, -0.15) is 0 Å². The van der Waals surface area contributed by atoms with E-state index in [1.807, 2.05) is 0 Å². The molecule has 21 heavy (non-hydrogen) atoms. The van der Waals surface area contributed by atoms with Gasteiger partial charge in [0, 0.05) is 43.8 Å². The van der Waals surface area contributed by atoms with Gasteiger partial charge < -0.3 is 4.43 Å². The molecule has 0 saturated carbocycles. The van der Waals surface area contributed by atoms with Gasteiger partial charge in [0.1, 0.15) is 0 Å². The van der Waals surface area contributed by atoms with Crippen molar-refractivity contribution in [1.29, 1.82) is 0 Å². The number of carbonyl (C=O) groups is 1. The highest BCUT2D eigenvalue weighted by Gasteiger charge is 2.37. The number of aromatic nitrogens is 2. The summed E-state index contributed by atoms with van der Waals surface area (Å²) in [6.07, 6.45) is 5.11. The second-order valence-corrected chi connectivity index (χ2v) is 12.7. The molecule has 118 valence electrons. The summed E-state index contributed by atoms with van der Waals surface area (Å²) < 4.78 is 6.29. The third-order valence-electron chi connectivity index (χ3n) is 3.94. The van der Waals surface area contributed by atoms with Crippen molar-refractivity contribution in [2.75, 3.05) is 12.4 Å². The Bertz CT molecular complexity index is 460. The molecule has 0 aliphatic heterocycles. The van der Waals surface area contributed by atoms with E-state index < -0.39 is 8.32 Å². The van der Waals surface area contributed by atoms with Crippen LogP contribution >= 0.6 is 11.8 Å². The molecule has 0 amide bonds. The Morgan fingerprint density at radius 2 is 2.05 bits per heavy atom. The zero-order valence-electron chi connectivity index (χ0n) is 13.8. The summed E-state index contributed by atoms with van der Waals surface area (Å²) in [5, 5.41) is 0.296. The fraction of sp³-hybridized carbons (Fsp3) is 0.667. The minimum Gasteiger partial charge on any atom is -0.416 e. The van der Waals surface area contributed by atoms with Crippen molar-refractivity contribution >= 4 is 25.2 Å². The maximum absolute atomic E-state index is 11.2. The number of carbonyl (C=O) groups excluding carboxylic acids is 1. The average Bonchev–Trinajstić information content (AvgIpc) is 2.38. The number of rotatable bonds is 6. The van der Waals surface area contributed by atoms with Gasteiger partial charge in [0.25, 0.3) is 0 Å². The smallest absolute Gasteiger partial charge is 0.192 e. The van der Waals surface area contributed by atoms with Gasteiger partial charge >= 0.3 is 0 Å². The summed E-state index contributed by atoms with van der Waals surface area (Å²) in [5.41, 5.74) is 0.893. The van der Waals surface area contributed by atoms with Crippen LogP contribution in [0.3, 0.4) is 0 Å². The van der Waals surface area contributed by atoms with Crippen molar-refractivity contribution in [3.8, 4) is 0 Å². The minimum absolute atomic E-state index is 0.0988. The topological polar surface area (TPSA) is 52.1 Å². The Labute approximate surface area is 133 Å². The van der Waals surface area contributed by atoms with Crippen molar-refractivity contribution in [3.63, 3.8) is 0 Å². The molecule has 0 aliphatic rings. The van der Waals surface area contributed by atoms with E-state index in [2.05, 4.69) is 43.8 Å². The molecule has 6 heteroatoms. The van der Waals surface area contributed by atoms with Crippen LogP contribution in [-0.2, 0) is 9.22 Å². The van der Waals surface area contributed by atoms with Gasteiger partial charge in [-0.25, -0.2) is 0 Å². The second-order valence-electron chi connectivity index (χ2n) is 6.70. The molecule has 1 rings (SSSR count). The first-order valence-electron chi connectivity index (χ1n) is 7.17. The Kier molecular flexibility index (Phi) is 6.56. The Hall–Kier alpha value is -0.723. The standard InChI is InChI=1S/C15H26N2O2SSi/c1-12(18)20-11-13(14-9-16-7-8-17-14)10-19-21(5,6)15(2,3)4/h7-9,13H,10-11H2,1-6H3. The van der Waals surface area contributed by atoms with E-state index in [9.17, 15) is 4.79 Å². The summed E-state index contributed by atoms with van der Waals surface area (Å²) in [5.74, 6) is 0.782. The SMILES string of the molecule is CC(=O)SCC(CO[Si](C)(C)C(C)(C)C)c1cnccn1. The Morgan fingerprint density at radius 1 is 1.38 bits per heavy atom. The van der Waals surface area contributed by atoms with E-state index in [1.165, 1.54) is 11.8 Å². The molecule has 1 unspecified atom stereocenters. The monoisotopic (exact) mass is 326 g/mol. The molecule has 0 radical (unpaired) electrons. The molecule has 0 aromatic carbocycles. The zero-order chi connectivity index (χ0) is 16.1. The van der Waals surface area contributed by atoms with Crippen molar-refractivity contribution in [2.24, 2.45) is 0 Å². The average molecular weight is 327 g/mol. The summed E-state index contributed by atoms with van der Waals surface area (Å²) >= 11 is 1.32. The second kappa shape index (κ2) is 7.51. The lowest BCUT2D eigenvalue weighted by atomic mass is 10.1. The van der Waals surface area contributed by atoms with E-state index in [0.29, 0.717) is 12.4 Å². The van der Waals surface area contributed by atoms with Gasteiger partial charge in [0.2, 0.25) is 0 Å². The van der Waals surface area contributed by atoms with Gasteiger partial charge in [-0.1, -0.05) is 32.5 Å². The lowest BCUT2D eigenvalue weighted by Crippen LogP contribution is -2.42. The van der Waals surface area contributed by atoms with Gasteiger partial charge in [-0.15, -0.1) is 0 Å². The molecule has 1 aromatic heterocycles. The van der Waals surface area contributed by atoms with E-state index in [1.54, 1.807) is 25.5 Å². The summed E-state index contributed by atoms with van der Waals surface area (Å²) in [6, 6.07) is 0. The lowest BCUT2D eigenvalue weighted by molar-refractivity contribution is -0.109. The Balaban J connectivity index is 2.77. The molecular formula is C15H26N2O2SSi. The maximum atomic E-state index is 11.2. The third-order valence-corrected chi connectivity index (χ3v) is 9.42. The van der Waals surface area contributed by atoms with E-state index >= 15 is 0 Å². The van der Waals surface area contributed by atoms with Crippen LogP contribution in [0.5, 0.6) is 0 Å². The van der Waals surface area contributed by atoms with Crippen LogP contribution in [0.15, 0.2) is 18.6 Å². The summed E-state index contributed by atoms with van der Waals surface area (Å²) in [4.78, 5) is 19.7. The van der Waals surface area contributed by atoms with E-state index in [-0.39, 0.29) is 16.1 Å². The number of nitrogens with zero attached hydrogens (tertiary/aromatic N) is 2. The van der Waals surface area contributed by atoms with Crippen LogP contribution in [0, 0.1) is 0 Å². The molecule has 0 N–H and O–H groups in total. The van der Waals surface area contributed by atoms with Crippen molar-refractivity contribution < 1.29 is 9.22 Å². The van der Waals surface area contributed by atoms with Crippen LogP contribution < -0.4 is 0 Å². The highest BCUT2D eigenvalue weighted by molar-refractivity contribution is 8.13. The molecule has 0 spiro atoms. The van der Waals surface area contributed by atoms with Gasteiger partial charge in [-0.3, -0.25) is 14.8 Å². The third kappa shape index (κ3) is 5.88. The molecule has 4 nitrogen and oxygen atoms in total. The first-order chi connectivity index (χ1) is 9.63. The predicted molar refractivity (Wildman–Crippen MR) is 91.1 cm³/mol. The normalized spacial score (nSPS) is 14.0. The molecule has 0 bridgehead atoms. The first-order valence-corrected chi connectivity index (χ1v) is 11.1. The van der Waals surface area contributed by atoms with Gasteiger partial charge in [0.15, 0.2) is 13.4 Å². The lowest BCUT2D eigenvalue weighted by Gasteiger charge is -2.37. The summed E-state index contributed by atoms with van der Waals surface area (Å²) in [6.45, 7) is 13.3. The number of hydrogen-bond donors (Lipinski definition) is 0.